The first-order valence-electron chi connectivity index (χ1n) is 12.5. The molecule has 2 aromatic rings. The van der Waals surface area contributed by atoms with Gasteiger partial charge in [-0.1, -0.05) is 18.2 Å². The lowest BCUT2D eigenvalue weighted by molar-refractivity contribution is -0.125. The highest BCUT2D eigenvalue weighted by Crippen LogP contribution is 2.37. The second-order valence-electron chi connectivity index (χ2n) is 9.44. The smallest absolute Gasteiger partial charge is 0.225 e. The van der Waals surface area contributed by atoms with Crippen molar-refractivity contribution in [3.05, 3.63) is 54.1 Å². The predicted octanol–water partition coefficient (Wildman–Crippen LogP) is 2.40. The van der Waals surface area contributed by atoms with Crippen molar-refractivity contribution in [3.63, 3.8) is 0 Å². The van der Waals surface area contributed by atoms with Crippen LogP contribution in [0.15, 0.2) is 48.5 Å². The Labute approximate surface area is 202 Å². The number of benzene rings is 2. The van der Waals surface area contributed by atoms with E-state index < -0.39 is 0 Å². The summed E-state index contributed by atoms with van der Waals surface area (Å²) in [6.07, 6.45) is 1.77. The summed E-state index contributed by atoms with van der Waals surface area (Å²) in [4.78, 5) is 20.7. The van der Waals surface area contributed by atoms with Gasteiger partial charge in [0.1, 0.15) is 5.75 Å². The van der Waals surface area contributed by atoms with Crippen molar-refractivity contribution >= 4 is 17.3 Å². The number of nitrogens with one attached hydrogen (secondary N) is 1. The lowest BCUT2D eigenvalue weighted by Crippen LogP contribution is -2.61. The van der Waals surface area contributed by atoms with Gasteiger partial charge >= 0.3 is 0 Å². The molecule has 1 N–H and O–H groups in total. The Balaban J connectivity index is 1.26. The zero-order valence-corrected chi connectivity index (χ0v) is 20.1. The molecule has 3 aliphatic heterocycles. The maximum Gasteiger partial charge on any atom is 0.225 e. The van der Waals surface area contributed by atoms with Gasteiger partial charge in [0.05, 0.1) is 32.3 Å². The van der Waals surface area contributed by atoms with Crippen LogP contribution in [0.5, 0.6) is 5.75 Å². The van der Waals surface area contributed by atoms with E-state index >= 15 is 0 Å². The number of piperazine rings is 1. The van der Waals surface area contributed by atoms with E-state index in [1.807, 2.05) is 12.1 Å². The number of anilines is 2. The number of carbonyl (C=O) groups is 1. The number of rotatable bonds is 7. The topological polar surface area (TPSA) is 57.3 Å². The number of para-hydroxylation sites is 1. The third kappa shape index (κ3) is 5.00. The second-order valence-corrected chi connectivity index (χ2v) is 9.44. The maximum atomic E-state index is 13.4. The van der Waals surface area contributed by atoms with Gasteiger partial charge in [-0.05, 0) is 55.3 Å². The van der Waals surface area contributed by atoms with Crippen LogP contribution in [0.3, 0.4) is 0 Å². The Kier molecular flexibility index (Phi) is 7.21. The average Bonchev–Trinajstić information content (AvgIpc) is 2.91. The zero-order chi connectivity index (χ0) is 23.3. The number of hydrogen-bond acceptors (Lipinski definition) is 6. The van der Waals surface area contributed by atoms with Gasteiger partial charge in [0.2, 0.25) is 5.91 Å². The largest absolute Gasteiger partial charge is 0.497 e. The molecule has 0 radical (unpaired) electrons. The van der Waals surface area contributed by atoms with Crippen LogP contribution in [0.1, 0.15) is 12.0 Å². The number of carbonyl (C=O) groups excluding carboxylic acids is 1. The van der Waals surface area contributed by atoms with Crippen molar-refractivity contribution in [2.45, 2.75) is 18.9 Å². The normalized spacial score (nSPS) is 22.6. The SMILES string of the molecule is COc1ccc(N2CCN3c4ccccc4CC(C(=O)NCCCN4CCOCC4)C3C2)cc1. The molecule has 2 aromatic carbocycles. The fourth-order valence-electron chi connectivity index (χ4n) is 5.56. The van der Waals surface area contributed by atoms with Crippen LogP contribution in [0.4, 0.5) is 11.4 Å². The van der Waals surface area contributed by atoms with Crippen LogP contribution in [0.2, 0.25) is 0 Å². The maximum absolute atomic E-state index is 13.4. The number of hydrogen-bond donors (Lipinski definition) is 1. The minimum absolute atomic E-state index is 0.0562. The van der Waals surface area contributed by atoms with Crippen molar-refractivity contribution < 1.29 is 14.3 Å². The molecule has 0 aliphatic carbocycles. The van der Waals surface area contributed by atoms with Gasteiger partial charge < -0.3 is 24.6 Å². The van der Waals surface area contributed by atoms with Gasteiger partial charge in [0.15, 0.2) is 0 Å². The van der Waals surface area contributed by atoms with Crippen molar-refractivity contribution in [3.8, 4) is 5.75 Å². The first kappa shape index (κ1) is 23.0. The van der Waals surface area contributed by atoms with Crippen LogP contribution in [0, 0.1) is 5.92 Å². The van der Waals surface area contributed by atoms with E-state index in [0.717, 1.165) is 77.6 Å². The number of amides is 1. The quantitative estimate of drug-likeness (QED) is 0.635. The minimum Gasteiger partial charge on any atom is -0.497 e. The van der Waals surface area contributed by atoms with Crippen LogP contribution in [0.25, 0.3) is 0 Å². The summed E-state index contributed by atoms with van der Waals surface area (Å²) in [5, 5.41) is 3.27. The van der Waals surface area contributed by atoms with Gasteiger partial charge in [-0.2, -0.15) is 0 Å². The first-order chi connectivity index (χ1) is 16.7. The standard InChI is InChI=1S/C27H36N4O3/c1-33-23-9-7-22(8-10-23)30-13-14-31-25-6-3-2-5-21(25)19-24(26(31)20-30)27(32)28-11-4-12-29-15-17-34-18-16-29/h2-3,5-10,24,26H,4,11-20H2,1H3,(H,28,32). The fourth-order valence-corrected chi connectivity index (χ4v) is 5.56. The minimum atomic E-state index is -0.0562. The average molecular weight is 465 g/mol. The lowest BCUT2D eigenvalue weighted by Gasteiger charge is -2.49. The highest BCUT2D eigenvalue weighted by atomic mass is 16.5. The van der Waals surface area contributed by atoms with Crippen molar-refractivity contribution in [2.24, 2.45) is 5.92 Å². The molecule has 3 heterocycles. The van der Waals surface area contributed by atoms with E-state index in [4.69, 9.17) is 9.47 Å². The van der Waals surface area contributed by atoms with Crippen LogP contribution in [-0.2, 0) is 16.0 Å². The number of morpholine rings is 1. The number of ether oxygens (including phenoxy) is 2. The van der Waals surface area contributed by atoms with Gasteiger partial charge in [0, 0.05) is 50.6 Å². The number of fused-ring (bicyclic) bond motifs is 3. The molecule has 3 aliphatic rings. The van der Waals surface area contributed by atoms with Gasteiger partial charge in [-0.15, -0.1) is 0 Å². The molecule has 7 nitrogen and oxygen atoms in total. The van der Waals surface area contributed by atoms with E-state index in [1.54, 1.807) is 7.11 Å². The third-order valence-electron chi connectivity index (χ3n) is 7.45. The molecule has 0 saturated carbocycles. The third-order valence-corrected chi connectivity index (χ3v) is 7.45. The molecule has 2 saturated heterocycles. The Morgan fingerprint density at radius 1 is 1.06 bits per heavy atom. The molecule has 7 heteroatoms. The van der Waals surface area contributed by atoms with E-state index in [0.29, 0.717) is 0 Å². The van der Waals surface area contributed by atoms with E-state index in [9.17, 15) is 4.79 Å². The molecule has 0 aromatic heterocycles. The molecule has 2 unspecified atom stereocenters. The molecule has 182 valence electrons. The summed E-state index contributed by atoms with van der Waals surface area (Å²) >= 11 is 0. The molecule has 0 spiro atoms. The fraction of sp³-hybridized carbons (Fsp3) is 0.519. The summed E-state index contributed by atoms with van der Waals surface area (Å²) in [6, 6.07) is 17.0. The Bertz CT molecular complexity index is 961. The highest BCUT2D eigenvalue weighted by Gasteiger charge is 2.41. The molecule has 0 bridgehead atoms. The molecule has 2 atom stereocenters. The van der Waals surface area contributed by atoms with Crippen LogP contribution in [-0.4, -0.2) is 83.0 Å². The van der Waals surface area contributed by atoms with Crippen molar-refractivity contribution in [1.82, 2.24) is 10.2 Å². The lowest BCUT2D eigenvalue weighted by atomic mass is 9.83. The van der Waals surface area contributed by atoms with Crippen LogP contribution >= 0.6 is 0 Å². The Hall–Kier alpha value is -2.77. The zero-order valence-electron chi connectivity index (χ0n) is 20.1. The number of methoxy groups -OCH3 is 1. The van der Waals surface area contributed by atoms with Gasteiger partial charge in [0.25, 0.3) is 0 Å². The summed E-state index contributed by atoms with van der Waals surface area (Å²) in [5.74, 6) is 0.991. The molecule has 34 heavy (non-hydrogen) atoms. The van der Waals surface area contributed by atoms with E-state index in [1.165, 1.54) is 16.9 Å². The molecular formula is C27H36N4O3. The van der Waals surface area contributed by atoms with Crippen molar-refractivity contribution in [2.75, 3.05) is 75.9 Å². The summed E-state index contributed by atoms with van der Waals surface area (Å²) in [7, 11) is 1.69. The first-order valence-corrected chi connectivity index (χ1v) is 12.5. The van der Waals surface area contributed by atoms with Crippen molar-refractivity contribution in [1.29, 1.82) is 0 Å². The van der Waals surface area contributed by atoms with Crippen LogP contribution < -0.4 is 19.9 Å². The van der Waals surface area contributed by atoms with E-state index in [2.05, 4.69) is 56.4 Å². The highest BCUT2D eigenvalue weighted by molar-refractivity contribution is 5.82. The monoisotopic (exact) mass is 464 g/mol. The second kappa shape index (κ2) is 10.7. The predicted molar refractivity (Wildman–Crippen MR) is 135 cm³/mol. The summed E-state index contributed by atoms with van der Waals surface area (Å²) < 4.78 is 10.8. The Morgan fingerprint density at radius 3 is 2.65 bits per heavy atom. The number of nitrogens with zero attached hydrogens (tertiary/aromatic N) is 3. The molecule has 5 rings (SSSR count). The molecule has 2 fully saturated rings. The summed E-state index contributed by atoms with van der Waals surface area (Å²) in [5.41, 5.74) is 3.76. The Morgan fingerprint density at radius 2 is 1.85 bits per heavy atom. The molecule has 1 amide bonds. The van der Waals surface area contributed by atoms with Gasteiger partial charge in [-0.25, -0.2) is 0 Å². The molecular weight excluding hydrogens is 428 g/mol. The van der Waals surface area contributed by atoms with E-state index in [-0.39, 0.29) is 17.9 Å². The summed E-state index contributed by atoms with van der Waals surface area (Å²) in [6.45, 7) is 8.04. The van der Waals surface area contributed by atoms with Gasteiger partial charge in [-0.3, -0.25) is 9.69 Å².